The third kappa shape index (κ3) is 2.83. The van der Waals surface area contributed by atoms with Crippen molar-refractivity contribution < 1.29 is 18.3 Å². The van der Waals surface area contributed by atoms with Gasteiger partial charge in [0.05, 0.1) is 17.3 Å². The van der Waals surface area contributed by atoms with Crippen molar-refractivity contribution in [2.75, 3.05) is 6.61 Å². The monoisotopic (exact) mass is 333 g/mol. The fourth-order valence-corrected chi connectivity index (χ4v) is 2.03. The number of carbonyl (C=O) groups is 1. The van der Waals surface area contributed by atoms with Crippen LogP contribution in [0.3, 0.4) is 0 Å². The highest BCUT2D eigenvalue weighted by atomic mass is 79.9. The van der Waals surface area contributed by atoms with Crippen LogP contribution in [0.1, 0.15) is 17.3 Å². The van der Waals surface area contributed by atoms with Crippen LogP contribution in [0.15, 0.2) is 22.9 Å². The molecule has 0 spiro atoms. The van der Waals surface area contributed by atoms with E-state index in [0.717, 1.165) is 6.92 Å². The fraction of sp³-hybridized carbons (Fsp3) is 0.273. The predicted octanol–water partition coefficient (Wildman–Crippen LogP) is 2.23. The maximum atomic E-state index is 12.7. The van der Waals surface area contributed by atoms with Crippen LogP contribution in [-0.4, -0.2) is 28.1 Å². The van der Waals surface area contributed by atoms with Crippen molar-refractivity contribution in [3.05, 3.63) is 28.5 Å². The van der Waals surface area contributed by atoms with E-state index in [4.69, 9.17) is 10.5 Å². The second-order valence-electron chi connectivity index (χ2n) is 4.07. The molecule has 0 aliphatic rings. The quantitative estimate of drug-likeness (QED) is 0.872. The zero-order valence-corrected chi connectivity index (χ0v) is 11.4. The van der Waals surface area contributed by atoms with Gasteiger partial charge < -0.3 is 10.5 Å². The molecule has 0 aliphatic heterocycles. The first-order valence-corrected chi connectivity index (χ1v) is 6.05. The van der Waals surface area contributed by atoms with Gasteiger partial charge in [-0.1, -0.05) is 0 Å². The second-order valence-corrected chi connectivity index (χ2v) is 4.82. The first-order chi connectivity index (χ1) is 8.79. The molecule has 2 rings (SSSR count). The Kier molecular flexibility index (Phi) is 3.44. The molecule has 5 nitrogen and oxygen atoms in total. The third-order valence-electron chi connectivity index (χ3n) is 2.33. The van der Waals surface area contributed by atoms with Crippen LogP contribution in [0.25, 0.3) is 5.52 Å². The number of alkyl halides is 2. The Balaban J connectivity index is 2.39. The van der Waals surface area contributed by atoms with Gasteiger partial charge in [0.15, 0.2) is 12.4 Å². The summed E-state index contributed by atoms with van der Waals surface area (Å²) in [5.41, 5.74) is 5.90. The van der Waals surface area contributed by atoms with Gasteiger partial charge in [-0.3, -0.25) is 4.79 Å². The maximum Gasteiger partial charge on any atom is 0.278 e. The molecule has 2 N–H and O–H groups in total. The van der Waals surface area contributed by atoms with Gasteiger partial charge in [-0.25, -0.2) is 13.3 Å². The molecule has 2 aromatic heterocycles. The van der Waals surface area contributed by atoms with Crippen molar-refractivity contribution in [2.24, 2.45) is 5.73 Å². The number of nitrogens with two attached hydrogens (primary N) is 1. The average Bonchev–Trinajstić information content (AvgIpc) is 2.71. The molecule has 0 radical (unpaired) electrons. The number of rotatable bonds is 4. The minimum atomic E-state index is -2.93. The summed E-state index contributed by atoms with van der Waals surface area (Å²) in [7, 11) is 0. The van der Waals surface area contributed by atoms with E-state index in [-0.39, 0.29) is 11.3 Å². The zero-order valence-electron chi connectivity index (χ0n) is 9.86. The van der Waals surface area contributed by atoms with Crippen molar-refractivity contribution in [3.8, 4) is 5.75 Å². The molecule has 8 heteroatoms. The predicted molar refractivity (Wildman–Crippen MR) is 67.5 cm³/mol. The summed E-state index contributed by atoms with van der Waals surface area (Å²) in [5, 5.41) is 3.95. The number of hydrogen-bond acceptors (Lipinski definition) is 3. The van der Waals surface area contributed by atoms with E-state index in [9.17, 15) is 13.6 Å². The molecule has 0 saturated heterocycles. The van der Waals surface area contributed by atoms with Crippen molar-refractivity contribution in [2.45, 2.75) is 12.8 Å². The van der Waals surface area contributed by atoms with Gasteiger partial charge in [0.25, 0.3) is 11.8 Å². The van der Waals surface area contributed by atoms with Crippen LogP contribution < -0.4 is 10.5 Å². The normalized spacial score (nSPS) is 11.8. The first-order valence-electron chi connectivity index (χ1n) is 5.26. The molecule has 19 heavy (non-hydrogen) atoms. The molecule has 102 valence electrons. The lowest BCUT2D eigenvalue weighted by Crippen LogP contribution is -2.21. The Morgan fingerprint density at radius 3 is 2.84 bits per heavy atom. The summed E-state index contributed by atoms with van der Waals surface area (Å²) in [6.07, 6.45) is 1.31. The Hall–Kier alpha value is -1.70. The standard InChI is InChI=1S/C11H10BrF2N3O2/c1-11(13,14)5-19-8-3-2-7-6(10(15)18)4-16-17(7)9(8)12/h2-4H,5H2,1H3,(H2,15,18). The molecular weight excluding hydrogens is 324 g/mol. The number of pyridine rings is 1. The number of carbonyl (C=O) groups excluding carboxylic acids is 1. The van der Waals surface area contributed by atoms with E-state index in [0.29, 0.717) is 10.1 Å². The third-order valence-corrected chi connectivity index (χ3v) is 3.06. The van der Waals surface area contributed by atoms with Gasteiger partial charge in [-0.15, -0.1) is 0 Å². The minimum absolute atomic E-state index is 0.202. The molecule has 1 amide bonds. The second kappa shape index (κ2) is 4.76. The molecule has 0 atom stereocenters. The maximum absolute atomic E-state index is 12.7. The van der Waals surface area contributed by atoms with E-state index >= 15 is 0 Å². The molecule has 0 fully saturated rings. The summed E-state index contributed by atoms with van der Waals surface area (Å²) in [6.45, 7) is 0.0135. The molecule has 0 aliphatic carbocycles. The SMILES string of the molecule is CC(F)(F)COc1ccc2c(C(N)=O)cnn2c1Br. The smallest absolute Gasteiger partial charge is 0.278 e. The Morgan fingerprint density at radius 2 is 2.26 bits per heavy atom. The van der Waals surface area contributed by atoms with Crippen molar-refractivity contribution in [1.82, 2.24) is 9.61 Å². The van der Waals surface area contributed by atoms with Crippen molar-refractivity contribution in [1.29, 1.82) is 0 Å². The van der Waals surface area contributed by atoms with Gasteiger partial charge in [0, 0.05) is 6.92 Å². The lowest BCUT2D eigenvalue weighted by atomic mass is 10.2. The molecule has 2 heterocycles. The molecule has 2 aromatic rings. The summed E-state index contributed by atoms with van der Waals surface area (Å²) in [5.74, 6) is -3.35. The number of nitrogens with zero attached hydrogens (tertiary/aromatic N) is 2. The van der Waals surface area contributed by atoms with Crippen LogP contribution in [-0.2, 0) is 0 Å². The van der Waals surface area contributed by atoms with Gasteiger partial charge in [0.1, 0.15) is 4.60 Å². The number of fused-ring (bicyclic) bond motifs is 1. The van der Waals surface area contributed by atoms with Gasteiger partial charge in [-0.2, -0.15) is 5.10 Å². The van der Waals surface area contributed by atoms with E-state index in [1.54, 1.807) is 0 Å². The van der Waals surface area contributed by atoms with Crippen LogP contribution in [0.5, 0.6) is 5.75 Å². The lowest BCUT2D eigenvalue weighted by Gasteiger charge is -2.13. The van der Waals surface area contributed by atoms with E-state index in [2.05, 4.69) is 21.0 Å². The Labute approximate surface area is 115 Å². The fourth-order valence-electron chi connectivity index (χ4n) is 1.50. The summed E-state index contributed by atoms with van der Waals surface area (Å²) in [4.78, 5) is 11.2. The van der Waals surface area contributed by atoms with E-state index in [1.807, 2.05) is 0 Å². The van der Waals surface area contributed by atoms with E-state index < -0.39 is 18.4 Å². The van der Waals surface area contributed by atoms with Gasteiger partial charge in [0.2, 0.25) is 0 Å². The topological polar surface area (TPSA) is 69.6 Å². The van der Waals surface area contributed by atoms with Crippen LogP contribution in [0.2, 0.25) is 0 Å². The lowest BCUT2D eigenvalue weighted by molar-refractivity contribution is -0.0233. The summed E-state index contributed by atoms with van der Waals surface area (Å²) < 4.78 is 32.2. The minimum Gasteiger partial charge on any atom is -0.484 e. The number of aromatic nitrogens is 2. The number of amides is 1. The van der Waals surface area contributed by atoms with E-state index in [1.165, 1.54) is 22.8 Å². The van der Waals surface area contributed by atoms with Crippen LogP contribution in [0.4, 0.5) is 8.78 Å². The summed E-state index contributed by atoms with van der Waals surface area (Å²) in [6, 6.07) is 3.00. The first kappa shape index (κ1) is 13.7. The number of ether oxygens (including phenoxy) is 1. The number of hydrogen-bond donors (Lipinski definition) is 1. The Bertz CT molecular complexity index is 637. The molecule has 0 bridgehead atoms. The molecular formula is C11H10BrF2N3O2. The largest absolute Gasteiger partial charge is 0.484 e. The van der Waals surface area contributed by atoms with Crippen LogP contribution in [0, 0.1) is 0 Å². The molecule has 0 unspecified atom stereocenters. The van der Waals surface area contributed by atoms with Gasteiger partial charge >= 0.3 is 0 Å². The number of primary amides is 1. The average molecular weight is 334 g/mol. The highest BCUT2D eigenvalue weighted by molar-refractivity contribution is 9.10. The number of halogens is 3. The molecule has 0 aromatic carbocycles. The van der Waals surface area contributed by atoms with Crippen LogP contribution >= 0.6 is 15.9 Å². The highest BCUT2D eigenvalue weighted by Gasteiger charge is 2.23. The van der Waals surface area contributed by atoms with Crippen molar-refractivity contribution >= 4 is 27.4 Å². The zero-order chi connectivity index (χ0) is 14.2. The molecule has 0 saturated carbocycles. The van der Waals surface area contributed by atoms with Crippen molar-refractivity contribution in [3.63, 3.8) is 0 Å². The Morgan fingerprint density at radius 1 is 1.58 bits per heavy atom. The summed E-state index contributed by atoms with van der Waals surface area (Å²) >= 11 is 3.19. The van der Waals surface area contributed by atoms with Gasteiger partial charge in [-0.05, 0) is 28.1 Å². The highest BCUT2D eigenvalue weighted by Crippen LogP contribution is 2.28.